The minimum absolute atomic E-state index is 0.0437. The first-order valence-corrected chi connectivity index (χ1v) is 3.26. The molecule has 6 heteroatoms. The van der Waals surface area contributed by atoms with Gasteiger partial charge in [-0.05, 0) is 0 Å². The van der Waals surface area contributed by atoms with Crippen LogP contribution >= 0.6 is 0 Å². The van der Waals surface area contributed by atoms with Crippen LogP contribution < -0.4 is 5.73 Å². The summed E-state index contributed by atoms with van der Waals surface area (Å²) in [4.78, 5) is 20.4. The second-order valence-electron chi connectivity index (χ2n) is 2.29. The molecule has 0 saturated heterocycles. The van der Waals surface area contributed by atoms with Crippen molar-refractivity contribution in [1.29, 1.82) is 0 Å². The van der Waals surface area contributed by atoms with Gasteiger partial charge in [-0.1, -0.05) is 0 Å². The first-order chi connectivity index (χ1) is 5.54. The second kappa shape index (κ2) is 4.94. The van der Waals surface area contributed by atoms with Gasteiger partial charge in [0.15, 0.2) is 6.29 Å². The van der Waals surface area contributed by atoms with Crippen molar-refractivity contribution < 1.29 is 24.9 Å². The lowest BCUT2D eigenvalue weighted by Crippen LogP contribution is -2.49. The number of carbonyl (C=O) groups is 2. The van der Waals surface area contributed by atoms with E-state index in [9.17, 15) is 9.59 Å². The van der Waals surface area contributed by atoms with Crippen LogP contribution in [0.4, 0.5) is 0 Å². The Kier molecular flexibility index (Phi) is 4.60. The third-order valence-electron chi connectivity index (χ3n) is 1.39. The van der Waals surface area contributed by atoms with Crippen LogP contribution in [-0.4, -0.2) is 52.2 Å². The number of hydrogen-bond acceptors (Lipinski definition) is 6. The lowest BCUT2D eigenvalue weighted by atomic mass is 10.0. The molecule has 0 rings (SSSR count). The Morgan fingerprint density at radius 2 is 2.00 bits per heavy atom. The first kappa shape index (κ1) is 11.2. The Morgan fingerprint density at radius 3 is 2.33 bits per heavy atom. The number of aliphatic hydroxyl groups excluding tert-OH is 3. The molecule has 5 N–H and O–H groups in total. The molecule has 0 aliphatic rings. The van der Waals surface area contributed by atoms with E-state index in [-0.39, 0.29) is 6.29 Å². The molecular weight excluding hydrogens is 166 g/mol. The lowest BCUT2D eigenvalue weighted by molar-refractivity contribution is -0.134. The quantitative estimate of drug-likeness (QED) is 0.259. The molecule has 6 nitrogen and oxygen atoms in total. The number of aldehydes is 1. The number of ketones is 1. The Labute approximate surface area is 68.6 Å². The molecule has 0 bridgehead atoms. The maximum absolute atomic E-state index is 10.5. The van der Waals surface area contributed by atoms with Crippen LogP contribution in [0.5, 0.6) is 0 Å². The molecule has 0 aliphatic heterocycles. The molecule has 0 amide bonds. The van der Waals surface area contributed by atoms with E-state index >= 15 is 0 Å². The minimum Gasteiger partial charge on any atom is -0.394 e. The van der Waals surface area contributed by atoms with Crippen LogP contribution in [-0.2, 0) is 9.59 Å². The fourth-order valence-electron chi connectivity index (χ4n) is 0.594. The number of aliphatic hydroxyl groups is 3. The predicted octanol–water partition coefficient (Wildman–Crippen LogP) is -3.20. The van der Waals surface area contributed by atoms with E-state index in [1.54, 1.807) is 0 Å². The summed E-state index contributed by atoms with van der Waals surface area (Å²) < 4.78 is 0. The summed E-state index contributed by atoms with van der Waals surface area (Å²) in [6.45, 7) is -0.721. The van der Waals surface area contributed by atoms with Gasteiger partial charge in [0.25, 0.3) is 0 Å². The Hall–Kier alpha value is -0.820. The molecule has 0 aliphatic carbocycles. The Bertz CT molecular complexity index is 171. The summed E-state index contributed by atoms with van der Waals surface area (Å²) in [5.41, 5.74) is 5.05. The molecule has 0 fully saturated rings. The smallest absolute Gasteiger partial charge is 0.214 e. The highest BCUT2D eigenvalue weighted by Gasteiger charge is 2.27. The molecule has 0 radical (unpaired) electrons. The monoisotopic (exact) mass is 177 g/mol. The highest BCUT2D eigenvalue weighted by molar-refractivity contribution is 6.27. The lowest BCUT2D eigenvalue weighted by Gasteiger charge is -2.19. The molecule has 70 valence electrons. The van der Waals surface area contributed by atoms with Gasteiger partial charge in [0, 0.05) is 0 Å². The van der Waals surface area contributed by atoms with Crippen molar-refractivity contribution in [1.82, 2.24) is 0 Å². The fraction of sp³-hybridized carbons (Fsp3) is 0.667. The fourth-order valence-corrected chi connectivity index (χ4v) is 0.594. The molecule has 0 heterocycles. The predicted molar refractivity (Wildman–Crippen MR) is 38.1 cm³/mol. The van der Waals surface area contributed by atoms with Gasteiger partial charge in [0.2, 0.25) is 5.78 Å². The maximum atomic E-state index is 10.5. The minimum atomic E-state index is -1.62. The van der Waals surface area contributed by atoms with Gasteiger partial charge in [-0.2, -0.15) is 0 Å². The van der Waals surface area contributed by atoms with Crippen LogP contribution in [0.3, 0.4) is 0 Å². The van der Waals surface area contributed by atoms with Crippen molar-refractivity contribution in [2.75, 3.05) is 6.61 Å². The van der Waals surface area contributed by atoms with Crippen molar-refractivity contribution in [2.45, 2.75) is 18.2 Å². The summed E-state index contributed by atoms with van der Waals surface area (Å²) in [7, 11) is 0. The van der Waals surface area contributed by atoms with Crippen LogP contribution in [0.15, 0.2) is 0 Å². The van der Waals surface area contributed by atoms with Gasteiger partial charge in [-0.25, -0.2) is 0 Å². The molecule has 3 unspecified atom stereocenters. The number of Topliss-reactive ketones (excluding diaryl/α,β-unsaturated/α-hetero) is 1. The average Bonchev–Trinajstić information content (AvgIpc) is 2.12. The van der Waals surface area contributed by atoms with E-state index in [4.69, 9.17) is 21.1 Å². The number of hydrogen-bond donors (Lipinski definition) is 4. The zero-order chi connectivity index (χ0) is 9.72. The highest BCUT2D eigenvalue weighted by atomic mass is 16.4. The standard InChI is InChI=1S/C6H11NO5/c7-5(3(10)1-8)6(12)4(11)2-9/h1,4-6,9,11-12H,2,7H2. The van der Waals surface area contributed by atoms with Gasteiger partial charge in [-0.15, -0.1) is 0 Å². The third-order valence-corrected chi connectivity index (χ3v) is 1.39. The van der Waals surface area contributed by atoms with E-state index in [1.807, 2.05) is 0 Å². The summed E-state index contributed by atoms with van der Waals surface area (Å²) >= 11 is 0. The van der Waals surface area contributed by atoms with Gasteiger partial charge >= 0.3 is 0 Å². The number of carbonyl (C=O) groups excluding carboxylic acids is 2. The van der Waals surface area contributed by atoms with Crippen LogP contribution in [0, 0.1) is 0 Å². The zero-order valence-electron chi connectivity index (χ0n) is 6.25. The van der Waals surface area contributed by atoms with Gasteiger partial charge in [0.1, 0.15) is 18.2 Å². The molecule has 12 heavy (non-hydrogen) atoms. The topological polar surface area (TPSA) is 121 Å². The summed E-state index contributed by atoms with van der Waals surface area (Å²) in [6, 6.07) is -1.48. The summed E-state index contributed by atoms with van der Waals surface area (Å²) in [5, 5.41) is 26.1. The van der Waals surface area contributed by atoms with Crippen LogP contribution in [0.25, 0.3) is 0 Å². The maximum Gasteiger partial charge on any atom is 0.214 e. The molecule has 0 saturated carbocycles. The van der Waals surface area contributed by atoms with E-state index in [1.165, 1.54) is 0 Å². The van der Waals surface area contributed by atoms with Crippen LogP contribution in [0.2, 0.25) is 0 Å². The third kappa shape index (κ3) is 2.67. The van der Waals surface area contributed by atoms with Crippen molar-refractivity contribution in [3.8, 4) is 0 Å². The van der Waals surface area contributed by atoms with Gasteiger partial charge < -0.3 is 21.1 Å². The number of nitrogens with two attached hydrogens (primary N) is 1. The second-order valence-corrected chi connectivity index (χ2v) is 2.29. The molecule has 0 aromatic carbocycles. The van der Waals surface area contributed by atoms with Crippen molar-refractivity contribution in [3.63, 3.8) is 0 Å². The van der Waals surface area contributed by atoms with Crippen molar-refractivity contribution >= 4 is 12.1 Å². The summed E-state index contributed by atoms with van der Waals surface area (Å²) in [5.74, 6) is -1.02. The highest BCUT2D eigenvalue weighted by Crippen LogP contribution is 1.97. The zero-order valence-corrected chi connectivity index (χ0v) is 6.25. The first-order valence-electron chi connectivity index (χ1n) is 3.26. The van der Waals surface area contributed by atoms with Gasteiger partial charge in [-0.3, -0.25) is 9.59 Å². The van der Waals surface area contributed by atoms with E-state index in [2.05, 4.69) is 0 Å². The normalized spacial score (nSPS) is 18.0. The van der Waals surface area contributed by atoms with Crippen molar-refractivity contribution in [3.05, 3.63) is 0 Å². The van der Waals surface area contributed by atoms with Crippen LogP contribution in [0.1, 0.15) is 0 Å². The Morgan fingerprint density at radius 1 is 1.50 bits per heavy atom. The summed E-state index contributed by atoms with van der Waals surface area (Å²) in [6.07, 6.45) is -3.17. The SMILES string of the molecule is NC(C(=O)C=O)C(O)C(O)CO. The number of rotatable bonds is 5. The van der Waals surface area contributed by atoms with E-state index < -0.39 is 30.6 Å². The van der Waals surface area contributed by atoms with Gasteiger partial charge in [0.05, 0.1) is 6.61 Å². The molecule has 0 aromatic heterocycles. The molecule has 3 atom stereocenters. The Balaban J connectivity index is 4.17. The average molecular weight is 177 g/mol. The molecular formula is C6H11NO5. The largest absolute Gasteiger partial charge is 0.394 e. The molecule has 0 aromatic rings. The van der Waals surface area contributed by atoms with E-state index in [0.717, 1.165) is 0 Å². The van der Waals surface area contributed by atoms with Crippen molar-refractivity contribution in [2.24, 2.45) is 5.73 Å². The molecule has 0 spiro atoms. The van der Waals surface area contributed by atoms with E-state index in [0.29, 0.717) is 0 Å².